The summed E-state index contributed by atoms with van der Waals surface area (Å²) in [4.78, 5) is 26.0. The van der Waals surface area contributed by atoms with Crippen LogP contribution in [-0.4, -0.2) is 30.3 Å². The van der Waals surface area contributed by atoms with Crippen LogP contribution in [0.2, 0.25) is 5.02 Å². The molecule has 0 aliphatic rings. The summed E-state index contributed by atoms with van der Waals surface area (Å²) in [6, 6.07) is 21.0. The summed E-state index contributed by atoms with van der Waals surface area (Å²) in [7, 11) is 1.72. The Morgan fingerprint density at radius 1 is 0.962 bits per heavy atom. The van der Waals surface area contributed by atoms with Gasteiger partial charge in [0.25, 0.3) is 5.91 Å². The van der Waals surface area contributed by atoms with Gasteiger partial charge in [-0.3, -0.25) is 9.59 Å². The average Bonchev–Trinajstić information content (AvgIpc) is 2.66. The van der Waals surface area contributed by atoms with Crippen LogP contribution in [0.15, 0.2) is 66.7 Å². The highest BCUT2D eigenvalue weighted by atomic mass is 35.5. The summed E-state index contributed by atoms with van der Waals surface area (Å²) < 4.78 is 0. The van der Waals surface area contributed by atoms with Crippen LogP contribution in [0.25, 0.3) is 10.8 Å². The molecule has 3 aromatic rings. The lowest BCUT2D eigenvalue weighted by Crippen LogP contribution is -2.37. The average molecular weight is 367 g/mol. The fourth-order valence-electron chi connectivity index (χ4n) is 2.73. The van der Waals surface area contributed by atoms with Gasteiger partial charge in [-0.1, -0.05) is 60.1 Å². The molecule has 26 heavy (non-hydrogen) atoms. The second kappa shape index (κ2) is 8.02. The monoisotopic (exact) mass is 366 g/mol. The van der Waals surface area contributed by atoms with Gasteiger partial charge in [-0.2, -0.15) is 0 Å². The summed E-state index contributed by atoms with van der Waals surface area (Å²) in [5.74, 6) is -0.526. The van der Waals surface area contributed by atoms with Gasteiger partial charge < -0.3 is 10.2 Å². The molecule has 132 valence electrons. The van der Waals surface area contributed by atoms with E-state index in [0.717, 1.165) is 16.3 Å². The molecule has 0 atom stereocenters. The Hall–Kier alpha value is -2.85. The van der Waals surface area contributed by atoms with Gasteiger partial charge in [0.15, 0.2) is 0 Å². The van der Waals surface area contributed by atoms with Crippen LogP contribution in [0, 0.1) is 0 Å². The summed E-state index contributed by atoms with van der Waals surface area (Å²) >= 11 is 6.00. The Morgan fingerprint density at radius 2 is 1.65 bits per heavy atom. The van der Waals surface area contributed by atoms with Gasteiger partial charge in [-0.25, -0.2) is 0 Å². The number of carbonyl (C=O) groups is 2. The fourth-order valence-corrected chi connectivity index (χ4v) is 2.95. The van der Waals surface area contributed by atoms with E-state index in [1.807, 2.05) is 30.3 Å². The van der Waals surface area contributed by atoms with Gasteiger partial charge >= 0.3 is 0 Å². The molecular formula is C21H19ClN2O2. The maximum Gasteiger partial charge on any atom is 0.253 e. The standard InChI is InChI=1S/C21H19ClN2O2/c1-24(14-15-10-11-16-6-2-3-7-17(16)12-15)20(25)13-23-21(26)18-8-4-5-9-19(18)22/h2-12H,13-14H2,1H3,(H,23,26). The molecule has 0 spiro atoms. The van der Waals surface area contributed by atoms with Gasteiger partial charge in [0.05, 0.1) is 17.1 Å². The van der Waals surface area contributed by atoms with Gasteiger partial charge in [0.1, 0.15) is 0 Å². The van der Waals surface area contributed by atoms with E-state index < -0.39 is 0 Å². The van der Waals surface area contributed by atoms with Crippen molar-refractivity contribution in [1.82, 2.24) is 10.2 Å². The Balaban J connectivity index is 1.59. The number of benzene rings is 3. The molecule has 3 rings (SSSR count). The highest BCUT2D eigenvalue weighted by Crippen LogP contribution is 2.17. The van der Waals surface area contributed by atoms with Crippen LogP contribution >= 0.6 is 11.6 Å². The number of nitrogens with one attached hydrogen (secondary N) is 1. The Morgan fingerprint density at radius 3 is 2.42 bits per heavy atom. The Kier molecular flexibility index (Phi) is 5.54. The first-order valence-electron chi connectivity index (χ1n) is 8.29. The van der Waals surface area contributed by atoms with Crippen LogP contribution in [0.5, 0.6) is 0 Å². The van der Waals surface area contributed by atoms with Crippen LogP contribution in [-0.2, 0) is 11.3 Å². The van der Waals surface area contributed by atoms with Crippen molar-refractivity contribution in [2.75, 3.05) is 13.6 Å². The Bertz CT molecular complexity index is 955. The molecule has 0 bridgehead atoms. The number of fused-ring (bicyclic) bond motifs is 1. The van der Waals surface area contributed by atoms with Crippen molar-refractivity contribution in [1.29, 1.82) is 0 Å². The van der Waals surface area contributed by atoms with Crippen LogP contribution in [0.1, 0.15) is 15.9 Å². The number of hydrogen-bond acceptors (Lipinski definition) is 2. The first-order valence-corrected chi connectivity index (χ1v) is 8.67. The van der Waals surface area contributed by atoms with Crippen molar-refractivity contribution in [2.45, 2.75) is 6.54 Å². The second-order valence-electron chi connectivity index (χ2n) is 6.09. The van der Waals surface area contributed by atoms with E-state index in [1.54, 1.807) is 36.2 Å². The van der Waals surface area contributed by atoms with E-state index in [0.29, 0.717) is 17.1 Å². The summed E-state index contributed by atoms with van der Waals surface area (Å²) in [6.45, 7) is 0.403. The van der Waals surface area contributed by atoms with Crippen molar-refractivity contribution in [2.24, 2.45) is 0 Å². The van der Waals surface area contributed by atoms with E-state index >= 15 is 0 Å². The maximum atomic E-state index is 12.3. The zero-order valence-corrected chi connectivity index (χ0v) is 15.2. The predicted octanol–water partition coefficient (Wildman–Crippen LogP) is 3.88. The molecule has 2 amide bonds. The number of rotatable bonds is 5. The highest BCUT2D eigenvalue weighted by Gasteiger charge is 2.14. The smallest absolute Gasteiger partial charge is 0.253 e. The molecule has 0 aliphatic carbocycles. The molecule has 0 heterocycles. The summed E-state index contributed by atoms with van der Waals surface area (Å²) in [5, 5.41) is 5.29. The van der Waals surface area contributed by atoms with Crippen molar-refractivity contribution in [3.05, 3.63) is 82.9 Å². The molecular weight excluding hydrogens is 348 g/mol. The zero-order valence-electron chi connectivity index (χ0n) is 14.4. The minimum atomic E-state index is -0.358. The fraction of sp³-hybridized carbons (Fsp3) is 0.143. The Labute approximate surface area is 157 Å². The molecule has 4 nitrogen and oxygen atoms in total. The largest absolute Gasteiger partial charge is 0.343 e. The van der Waals surface area contributed by atoms with Gasteiger partial charge in [-0.15, -0.1) is 0 Å². The number of hydrogen-bond donors (Lipinski definition) is 1. The van der Waals surface area contributed by atoms with Crippen LogP contribution in [0.3, 0.4) is 0 Å². The molecule has 1 N–H and O–H groups in total. The molecule has 0 fully saturated rings. The van der Waals surface area contributed by atoms with Gasteiger partial charge in [-0.05, 0) is 34.5 Å². The van der Waals surface area contributed by atoms with Crippen molar-refractivity contribution < 1.29 is 9.59 Å². The van der Waals surface area contributed by atoms with E-state index in [2.05, 4.69) is 17.4 Å². The molecule has 0 aliphatic heterocycles. The number of amides is 2. The number of likely N-dealkylation sites (N-methyl/N-ethyl adjacent to an activating group) is 1. The van der Waals surface area contributed by atoms with Crippen molar-refractivity contribution in [3.8, 4) is 0 Å². The van der Waals surface area contributed by atoms with E-state index in [1.165, 1.54) is 0 Å². The molecule has 0 saturated heterocycles. The van der Waals surface area contributed by atoms with Crippen LogP contribution < -0.4 is 5.32 Å². The van der Waals surface area contributed by atoms with Crippen molar-refractivity contribution in [3.63, 3.8) is 0 Å². The highest BCUT2D eigenvalue weighted by molar-refractivity contribution is 6.33. The lowest BCUT2D eigenvalue weighted by molar-refractivity contribution is -0.129. The molecule has 0 saturated carbocycles. The SMILES string of the molecule is CN(Cc1ccc2ccccc2c1)C(=O)CNC(=O)c1ccccc1Cl. The topological polar surface area (TPSA) is 49.4 Å². The number of halogens is 1. The zero-order chi connectivity index (χ0) is 18.5. The molecule has 0 aromatic heterocycles. The predicted molar refractivity (Wildman–Crippen MR) is 104 cm³/mol. The summed E-state index contributed by atoms with van der Waals surface area (Å²) in [5.41, 5.74) is 1.40. The second-order valence-corrected chi connectivity index (χ2v) is 6.50. The minimum Gasteiger partial charge on any atom is -0.343 e. The lowest BCUT2D eigenvalue weighted by Gasteiger charge is -2.18. The minimum absolute atomic E-state index is 0.0753. The van der Waals surface area contributed by atoms with E-state index in [-0.39, 0.29) is 18.4 Å². The van der Waals surface area contributed by atoms with Crippen molar-refractivity contribution >= 4 is 34.2 Å². The van der Waals surface area contributed by atoms with E-state index in [4.69, 9.17) is 11.6 Å². The third-order valence-corrected chi connectivity index (χ3v) is 4.51. The first-order chi connectivity index (χ1) is 12.5. The normalized spacial score (nSPS) is 10.5. The van der Waals surface area contributed by atoms with Gasteiger partial charge in [0.2, 0.25) is 5.91 Å². The molecule has 0 radical (unpaired) electrons. The summed E-state index contributed by atoms with van der Waals surface area (Å²) in [6.07, 6.45) is 0. The quantitative estimate of drug-likeness (QED) is 0.745. The van der Waals surface area contributed by atoms with Crippen LogP contribution in [0.4, 0.5) is 0 Å². The maximum absolute atomic E-state index is 12.3. The van der Waals surface area contributed by atoms with E-state index in [9.17, 15) is 9.59 Å². The molecule has 5 heteroatoms. The third kappa shape index (κ3) is 4.21. The van der Waals surface area contributed by atoms with Gasteiger partial charge in [0, 0.05) is 13.6 Å². The third-order valence-electron chi connectivity index (χ3n) is 4.18. The molecule has 3 aromatic carbocycles. The molecule has 0 unspecified atom stereocenters. The number of nitrogens with zero attached hydrogens (tertiary/aromatic N) is 1. The number of carbonyl (C=O) groups excluding carboxylic acids is 2. The first kappa shape index (κ1) is 18.0. The lowest BCUT2D eigenvalue weighted by atomic mass is 10.1.